The smallest absolute Gasteiger partial charge is 0.267 e. The molecule has 120 valence electrons. The number of rotatable bonds is 1. The standard InChI is InChI=1S/C20H12FN3O/c21-15-9-3-6-12-18(15)23-17-11-5-2-8-14(17)19-22-16-10-4-1-7-13(16)20(25)24(19)23/h1-12H. The van der Waals surface area contributed by atoms with Crippen molar-refractivity contribution in [1.82, 2.24) is 14.2 Å². The highest BCUT2D eigenvalue weighted by molar-refractivity contribution is 5.96. The number of halogens is 1. The maximum atomic E-state index is 14.5. The molecular formula is C20H12FN3O. The quantitative estimate of drug-likeness (QED) is 0.467. The summed E-state index contributed by atoms with van der Waals surface area (Å²) in [4.78, 5) is 17.8. The summed E-state index contributed by atoms with van der Waals surface area (Å²) < 4.78 is 17.5. The predicted molar refractivity (Wildman–Crippen MR) is 95.8 cm³/mol. The van der Waals surface area contributed by atoms with E-state index in [9.17, 15) is 9.18 Å². The van der Waals surface area contributed by atoms with Crippen LogP contribution in [-0.2, 0) is 0 Å². The highest BCUT2D eigenvalue weighted by atomic mass is 19.1. The van der Waals surface area contributed by atoms with Crippen LogP contribution in [0.2, 0.25) is 0 Å². The second-order valence-corrected chi connectivity index (χ2v) is 5.85. The van der Waals surface area contributed by atoms with Gasteiger partial charge in [-0.2, -0.15) is 4.52 Å². The number of aromatic nitrogens is 3. The number of fused-ring (bicyclic) bond motifs is 4. The fraction of sp³-hybridized carbons (Fsp3) is 0. The Kier molecular flexibility index (Phi) is 2.79. The molecule has 0 aliphatic heterocycles. The molecule has 0 unspecified atom stereocenters. The van der Waals surface area contributed by atoms with Crippen LogP contribution in [0.5, 0.6) is 0 Å². The second-order valence-electron chi connectivity index (χ2n) is 5.85. The van der Waals surface area contributed by atoms with Crippen LogP contribution in [0.25, 0.3) is 33.1 Å². The Bertz CT molecular complexity index is 1330. The zero-order valence-electron chi connectivity index (χ0n) is 13.1. The molecule has 0 fully saturated rings. The maximum absolute atomic E-state index is 14.5. The lowest BCUT2D eigenvalue weighted by atomic mass is 10.2. The van der Waals surface area contributed by atoms with Crippen LogP contribution >= 0.6 is 0 Å². The van der Waals surface area contributed by atoms with Gasteiger partial charge in [0.1, 0.15) is 5.82 Å². The van der Waals surface area contributed by atoms with E-state index >= 15 is 0 Å². The average Bonchev–Trinajstić information content (AvgIpc) is 2.97. The van der Waals surface area contributed by atoms with Crippen molar-refractivity contribution in [2.45, 2.75) is 0 Å². The first-order valence-electron chi connectivity index (χ1n) is 7.92. The van der Waals surface area contributed by atoms with Crippen LogP contribution in [0.15, 0.2) is 77.6 Å². The Morgan fingerprint density at radius 2 is 1.48 bits per heavy atom. The van der Waals surface area contributed by atoms with Crippen molar-refractivity contribution in [3.63, 3.8) is 0 Å². The predicted octanol–water partition coefficient (Wildman–Crippen LogP) is 3.93. The van der Waals surface area contributed by atoms with Crippen LogP contribution in [0.1, 0.15) is 0 Å². The Morgan fingerprint density at radius 1 is 0.800 bits per heavy atom. The number of nitrogens with zero attached hydrogens (tertiary/aromatic N) is 3. The molecule has 0 saturated heterocycles. The molecule has 0 aliphatic carbocycles. The van der Waals surface area contributed by atoms with E-state index in [4.69, 9.17) is 0 Å². The molecule has 2 heterocycles. The summed E-state index contributed by atoms with van der Waals surface area (Å²) in [6, 6.07) is 21.1. The minimum Gasteiger partial charge on any atom is -0.267 e. The van der Waals surface area contributed by atoms with E-state index in [0.717, 1.165) is 10.9 Å². The van der Waals surface area contributed by atoms with Crippen molar-refractivity contribution in [2.24, 2.45) is 0 Å². The normalized spacial score (nSPS) is 11.6. The molecule has 0 spiro atoms. The Labute approximate surface area is 141 Å². The summed E-state index contributed by atoms with van der Waals surface area (Å²) in [5.41, 5.74) is 1.96. The van der Waals surface area contributed by atoms with Crippen LogP contribution in [0.3, 0.4) is 0 Å². The van der Waals surface area contributed by atoms with Gasteiger partial charge in [0.15, 0.2) is 5.65 Å². The van der Waals surface area contributed by atoms with Crippen molar-refractivity contribution in [3.8, 4) is 5.69 Å². The van der Waals surface area contributed by atoms with Gasteiger partial charge < -0.3 is 0 Å². The van der Waals surface area contributed by atoms with E-state index < -0.39 is 5.82 Å². The topological polar surface area (TPSA) is 39.3 Å². The first-order chi connectivity index (χ1) is 12.3. The molecule has 0 radical (unpaired) electrons. The Balaban J connectivity index is 2.11. The largest absolute Gasteiger partial charge is 0.281 e. The number of para-hydroxylation sites is 3. The highest BCUT2D eigenvalue weighted by Gasteiger charge is 2.18. The number of hydrogen-bond donors (Lipinski definition) is 0. The molecule has 25 heavy (non-hydrogen) atoms. The fourth-order valence-corrected chi connectivity index (χ4v) is 3.30. The van der Waals surface area contributed by atoms with E-state index in [0.29, 0.717) is 22.2 Å². The number of benzene rings is 3. The minimum absolute atomic E-state index is 0.222. The zero-order chi connectivity index (χ0) is 17.0. The van der Waals surface area contributed by atoms with E-state index in [2.05, 4.69) is 4.98 Å². The van der Waals surface area contributed by atoms with Gasteiger partial charge in [0.25, 0.3) is 5.56 Å². The van der Waals surface area contributed by atoms with E-state index in [-0.39, 0.29) is 5.56 Å². The van der Waals surface area contributed by atoms with Crippen molar-refractivity contribution in [2.75, 3.05) is 0 Å². The summed E-state index contributed by atoms with van der Waals surface area (Å²) in [7, 11) is 0. The molecule has 5 rings (SSSR count). The molecule has 0 atom stereocenters. The zero-order valence-corrected chi connectivity index (χ0v) is 13.1. The Morgan fingerprint density at radius 3 is 2.32 bits per heavy atom. The molecule has 4 nitrogen and oxygen atoms in total. The molecule has 5 aromatic rings. The number of hydrogen-bond acceptors (Lipinski definition) is 2. The van der Waals surface area contributed by atoms with Crippen LogP contribution in [-0.4, -0.2) is 14.2 Å². The first kappa shape index (κ1) is 13.9. The van der Waals surface area contributed by atoms with Gasteiger partial charge in [0, 0.05) is 5.39 Å². The van der Waals surface area contributed by atoms with Gasteiger partial charge in [-0.1, -0.05) is 36.4 Å². The molecule has 2 aromatic heterocycles. The third kappa shape index (κ3) is 1.86. The second kappa shape index (κ2) is 5.01. The van der Waals surface area contributed by atoms with Crippen molar-refractivity contribution >= 4 is 27.5 Å². The third-order valence-electron chi connectivity index (χ3n) is 4.41. The van der Waals surface area contributed by atoms with Gasteiger partial charge in [-0.15, -0.1) is 0 Å². The van der Waals surface area contributed by atoms with Crippen molar-refractivity contribution in [3.05, 3.63) is 89.0 Å². The molecule has 0 saturated carbocycles. The summed E-state index contributed by atoms with van der Waals surface area (Å²) in [5, 5.41) is 1.30. The Hall–Kier alpha value is -3.47. The lowest BCUT2D eigenvalue weighted by Gasteiger charge is -2.09. The monoisotopic (exact) mass is 329 g/mol. The molecule has 5 heteroatoms. The minimum atomic E-state index is -0.398. The molecular weight excluding hydrogens is 317 g/mol. The lowest BCUT2D eigenvalue weighted by molar-refractivity contribution is 0.607. The summed E-state index contributed by atoms with van der Waals surface area (Å²) >= 11 is 0. The van der Waals surface area contributed by atoms with E-state index in [1.54, 1.807) is 35.0 Å². The average molecular weight is 329 g/mol. The first-order valence-corrected chi connectivity index (χ1v) is 7.92. The van der Waals surface area contributed by atoms with Crippen LogP contribution in [0.4, 0.5) is 4.39 Å². The van der Waals surface area contributed by atoms with Gasteiger partial charge in [0.2, 0.25) is 0 Å². The van der Waals surface area contributed by atoms with Gasteiger partial charge in [-0.05, 0) is 36.4 Å². The summed E-state index contributed by atoms with van der Waals surface area (Å²) in [6.45, 7) is 0. The van der Waals surface area contributed by atoms with Gasteiger partial charge in [-0.25, -0.2) is 14.1 Å². The van der Waals surface area contributed by atoms with Crippen LogP contribution in [0, 0.1) is 5.82 Å². The third-order valence-corrected chi connectivity index (χ3v) is 4.41. The van der Waals surface area contributed by atoms with Crippen molar-refractivity contribution < 1.29 is 4.39 Å². The fourth-order valence-electron chi connectivity index (χ4n) is 3.30. The van der Waals surface area contributed by atoms with Crippen molar-refractivity contribution in [1.29, 1.82) is 0 Å². The van der Waals surface area contributed by atoms with Gasteiger partial charge in [-0.3, -0.25) is 4.79 Å². The lowest BCUT2D eigenvalue weighted by Crippen LogP contribution is -2.21. The molecule has 0 aliphatic rings. The molecule has 0 bridgehead atoms. The van der Waals surface area contributed by atoms with Crippen LogP contribution < -0.4 is 5.56 Å². The maximum Gasteiger partial charge on any atom is 0.281 e. The van der Waals surface area contributed by atoms with Gasteiger partial charge in [0.05, 0.1) is 22.1 Å². The molecule has 0 amide bonds. The molecule has 3 aromatic carbocycles. The van der Waals surface area contributed by atoms with Gasteiger partial charge >= 0.3 is 0 Å². The summed E-state index contributed by atoms with van der Waals surface area (Å²) in [5.74, 6) is -0.398. The van der Waals surface area contributed by atoms with E-state index in [1.807, 2.05) is 36.4 Å². The highest BCUT2D eigenvalue weighted by Crippen LogP contribution is 2.26. The SMILES string of the molecule is O=c1c2ccccc2nc2c3ccccc3n(-c3ccccc3F)n12. The summed E-state index contributed by atoms with van der Waals surface area (Å²) in [6.07, 6.45) is 0. The van der Waals surface area contributed by atoms with E-state index in [1.165, 1.54) is 10.6 Å². The molecule has 0 N–H and O–H groups in total.